The van der Waals surface area contributed by atoms with Gasteiger partial charge >= 0.3 is 0 Å². The summed E-state index contributed by atoms with van der Waals surface area (Å²) in [5.41, 5.74) is 6.99. The molecular formula is C19H24N3O4S+. The molecule has 0 saturated carbocycles. The van der Waals surface area contributed by atoms with Crippen molar-refractivity contribution in [2.24, 2.45) is 5.73 Å². The minimum atomic E-state index is -0.569. The molecule has 8 heteroatoms. The van der Waals surface area contributed by atoms with Gasteiger partial charge in [0, 0.05) is 11.1 Å². The number of nitrogens with zero attached hydrogens (tertiary/aromatic N) is 1. The zero-order valence-corrected chi connectivity index (χ0v) is 16.1. The van der Waals surface area contributed by atoms with Crippen LogP contribution in [0.4, 0.5) is 0 Å². The van der Waals surface area contributed by atoms with E-state index in [0.29, 0.717) is 17.1 Å². The van der Waals surface area contributed by atoms with Gasteiger partial charge in [-0.1, -0.05) is 0 Å². The second-order valence-corrected chi connectivity index (χ2v) is 7.25. The lowest BCUT2D eigenvalue weighted by molar-refractivity contribution is -0.917. The van der Waals surface area contributed by atoms with Crippen LogP contribution in [0.15, 0.2) is 35.0 Å². The van der Waals surface area contributed by atoms with E-state index in [1.165, 1.54) is 17.6 Å². The van der Waals surface area contributed by atoms with Gasteiger partial charge in [-0.05, 0) is 35.0 Å². The summed E-state index contributed by atoms with van der Waals surface area (Å²) in [6.07, 6.45) is 0. The number of hydrogen-bond acceptors (Lipinski definition) is 5. The van der Waals surface area contributed by atoms with E-state index in [-0.39, 0.29) is 12.5 Å². The average molecular weight is 390 g/mol. The quantitative estimate of drug-likeness (QED) is 0.705. The van der Waals surface area contributed by atoms with E-state index < -0.39 is 5.91 Å². The molecular weight excluding hydrogens is 366 g/mol. The lowest BCUT2D eigenvalue weighted by Crippen LogP contribution is -3.13. The van der Waals surface area contributed by atoms with Gasteiger partial charge in [0.1, 0.15) is 6.54 Å². The maximum absolute atomic E-state index is 12.8. The zero-order chi connectivity index (χ0) is 19.2. The highest BCUT2D eigenvalue weighted by Crippen LogP contribution is 2.28. The number of hydrogen-bond donors (Lipinski definition) is 2. The first-order chi connectivity index (χ1) is 13.1. The Hall–Kier alpha value is -2.58. The van der Waals surface area contributed by atoms with Crippen molar-refractivity contribution < 1.29 is 24.0 Å². The van der Waals surface area contributed by atoms with E-state index in [0.717, 1.165) is 32.7 Å². The van der Waals surface area contributed by atoms with Crippen molar-refractivity contribution in [3.05, 3.63) is 46.2 Å². The number of quaternary nitrogens is 1. The normalized spacial score (nSPS) is 14.8. The van der Waals surface area contributed by atoms with E-state index in [2.05, 4.69) is 16.8 Å². The van der Waals surface area contributed by atoms with E-state index in [1.54, 1.807) is 29.5 Å². The van der Waals surface area contributed by atoms with Crippen molar-refractivity contribution in [2.75, 3.05) is 39.9 Å². The van der Waals surface area contributed by atoms with E-state index in [1.807, 2.05) is 4.90 Å². The molecule has 0 radical (unpaired) electrons. The topological polar surface area (TPSA) is 86.3 Å². The van der Waals surface area contributed by atoms with Crippen LogP contribution in [0.1, 0.15) is 15.9 Å². The number of nitrogens with one attached hydrogen (secondary N) is 1. The van der Waals surface area contributed by atoms with Gasteiger partial charge < -0.3 is 25.0 Å². The summed E-state index contributed by atoms with van der Waals surface area (Å²) in [6, 6.07) is 7.12. The Morgan fingerprint density at radius 3 is 2.63 bits per heavy atom. The molecule has 1 saturated heterocycles. The van der Waals surface area contributed by atoms with Gasteiger partial charge in [-0.2, -0.15) is 11.3 Å². The molecule has 2 aromatic rings. The molecule has 144 valence electrons. The van der Waals surface area contributed by atoms with Crippen LogP contribution in [-0.2, 0) is 11.3 Å². The summed E-state index contributed by atoms with van der Waals surface area (Å²) in [6.45, 7) is 4.07. The standard InChI is InChI=1S/C19H23N3O4S/c1-25-17-10-15(2-3-16(17)26-12-18(20)23)19(24)22-7-5-21(6-8-22)11-14-4-9-27-13-14/h2-4,9-10,13H,5-8,11-12H2,1H3,(H2,20,23)/p+1. The molecule has 3 N–H and O–H groups in total. The molecule has 0 spiro atoms. The van der Waals surface area contributed by atoms with Crippen LogP contribution in [0.3, 0.4) is 0 Å². The van der Waals surface area contributed by atoms with Crippen molar-refractivity contribution in [3.63, 3.8) is 0 Å². The van der Waals surface area contributed by atoms with Gasteiger partial charge in [0.25, 0.3) is 11.8 Å². The number of benzene rings is 1. The highest BCUT2D eigenvalue weighted by Gasteiger charge is 2.25. The van der Waals surface area contributed by atoms with Gasteiger partial charge in [0.2, 0.25) is 0 Å². The summed E-state index contributed by atoms with van der Waals surface area (Å²) in [5, 5.41) is 4.28. The fourth-order valence-corrected chi connectivity index (χ4v) is 3.80. The summed E-state index contributed by atoms with van der Waals surface area (Å²) in [5.74, 6) is 0.200. The van der Waals surface area contributed by atoms with Crippen LogP contribution in [0.5, 0.6) is 11.5 Å². The molecule has 1 aromatic heterocycles. The average Bonchev–Trinajstić information content (AvgIpc) is 3.19. The monoisotopic (exact) mass is 390 g/mol. The minimum Gasteiger partial charge on any atom is -0.493 e. The Bertz CT molecular complexity index is 786. The lowest BCUT2D eigenvalue weighted by Gasteiger charge is -2.32. The highest BCUT2D eigenvalue weighted by atomic mass is 32.1. The molecule has 2 heterocycles. The molecule has 0 unspecified atom stereocenters. The van der Waals surface area contributed by atoms with Crippen LogP contribution >= 0.6 is 11.3 Å². The Balaban J connectivity index is 1.59. The maximum Gasteiger partial charge on any atom is 0.255 e. The smallest absolute Gasteiger partial charge is 0.255 e. The Kier molecular flexibility index (Phi) is 6.31. The third-order valence-corrected chi connectivity index (χ3v) is 5.30. The van der Waals surface area contributed by atoms with Crippen molar-refractivity contribution in [1.82, 2.24) is 4.90 Å². The first-order valence-corrected chi connectivity index (χ1v) is 9.74. The van der Waals surface area contributed by atoms with Crippen LogP contribution in [-0.4, -0.2) is 56.6 Å². The molecule has 1 aliphatic heterocycles. The summed E-state index contributed by atoms with van der Waals surface area (Å²) >= 11 is 1.71. The fraction of sp³-hybridized carbons (Fsp3) is 0.368. The molecule has 1 aliphatic rings. The van der Waals surface area contributed by atoms with E-state index in [4.69, 9.17) is 15.2 Å². The number of carbonyl (C=O) groups is 2. The number of rotatable bonds is 7. The van der Waals surface area contributed by atoms with Crippen molar-refractivity contribution >= 4 is 23.2 Å². The van der Waals surface area contributed by atoms with Crippen LogP contribution in [0.2, 0.25) is 0 Å². The highest BCUT2D eigenvalue weighted by molar-refractivity contribution is 7.07. The fourth-order valence-electron chi connectivity index (χ4n) is 3.14. The van der Waals surface area contributed by atoms with Crippen molar-refractivity contribution in [2.45, 2.75) is 6.54 Å². The molecule has 0 atom stereocenters. The van der Waals surface area contributed by atoms with Crippen molar-refractivity contribution in [3.8, 4) is 11.5 Å². The Morgan fingerprint density at radius 2 is 2.00 bits per heavy atom. The number of amides is 2. The van der Waals surface area contributed by atoms with E-state index >= 15 is 0 Å². The number of carbonyl (C=O) groups excluding carboxylic acids is 2. The molecule has 0 bridgehead atoms. The molecule has 3 rings (SSSR count). The van der Waals surface area contributed by atoms with Crippen molar-refractivity contribution in [1.29, 1.82) is 0 Å². The van der Waals surface area contributed by atoms with Gasteiger partial charge in [-0.3, -0.25) is 9.59 Å². The number of nitrogens with two attached hydrogens (primary N) is 1. The Morgan fingerprint density at radius 1 is 1.22 bits per heavy atom. The van der Waals surface area contributed by atoms with Gasteiger partial charge in [0.15, 0.2) is 18.1 Å². The third-order valence-electron chi connectivity index (χ3n) is 4.57. The summed E-state index contributed by atoms with van der Waals surface area (Å²) in [7, 11) is 1.49. The first-order valence-electron chi connectivity index (χ1n) is 8.80. The lowest BCUT2D eigenvalue weighted by atomic mass is 10.1. The van der Waals surface area contributed by atoms with Crippen LogP contribution in [0.25, 0.3) is 0 Å². The largest absolute Gasteiger partial charge is 0.493 e. The second-order valence-electron chi connectivity index (χ2n) is 6.47. The van der Waals surface area contributed by atoms with Crippen LogP contribution in [0, 0.1) is 0 Å². The number of thiophene rings is 1. The number of piperazine rings is 1. The molecule has 27 heavy (non-hydrogen) atoms. The van der Waals surface area contributed by atoms with Gasteiger partial charge in [0.05, 0.1) is 33.3 Å². The van der Waals surface area contributed by atoms with Crippen LogP contribution < -0.4 is 20.1 Å². The summed E-state index contributed by atoms with van der Waals surface area (Å²) in [4.78, 5) is 27.1. The van der Waals surface area contributed by atoms with Gasteiger partial charge in [-0.15, -0.1) is 0 Å². The third kappa shape index (κ3) is 4.99. The SMILES string of the molecule is COc1cc(C(=O)N2CC[NH+](Cc3ccsc3)CC2)ccc1OCC(N)=O. The Labute approximate surface area is 162 Å². The molecule has 0 aliphatic carbocycles. The molecule has 1 fully saturated rings. The summed E-state index contributed by atoms with van der Waals surface area (Å²) < 4.78 is 10.6. The molecule has 7 nitrogen and oxygen atoms in total. The van der Waals surface area contributed by atoms with E-state index in [9.17, 15) is 9.59 Å². The number of ether oxygens (including phenoxy) is 2. The molecule has 1 aromatic carbocycles. The predicted octanol–water partition coefficient (Wildman–Crippen LogP) is 0.162. The minimum absolute atomic E-state index is 0.0238. The zero-order valence-electron chi connectivity index (χ0n) is 15.3. The predicted molar refractivity (Wildman–Crippen MR) is 102 cm³/mol. The van der Waals surface area contributed by atoms with Gasteiger partial charge in [-0.25, -0.2) is 0 Å². The second kappa shape index (κ2) is 8.88. The maximum atomic E-state index is 12.8. The number of methoxy groups -OCH3 is 1. The first kappa shape index (κ1) is 19.2. The molecule has 2 amide bonds. The number of primary amides is 1.